The first-order chi connectivity index (χ1) is 14.3. The largest absolute Gasteiger partial charge is 0.499 e. The van der Waals surface area contributed by atoms with E-state index in [4.69, 9.17) is 0 Å². The van der Waals surface area contributed by atoms with Gasteiger partial charge >= 0.3 is 4.87 Å². The van der Waals surface area contributed by atoms with Gasteiger partial charge in [-0.2, -0.15) is 5.10 Å². The summed E-state index contributed by atoms with van der Waals surface area (Å²) < 4.78 is 0. The van der Waals surface area contributed by atoms with Crippen LogP contribution in [0.25, 0.3) is 10.9 Å². The fraction of sp³-hybridized carbons (Fsp3) is 0.211. The van der Waals surface area contributed by atoms with Gasteiger partial charge in [-0.05, 0) is 29.9 Å². The van der Waals surface area contributed by atoms with Crippen molar-refractivity contribution in [3.05, 3.63) is 61.6 Å². The molecule has 0 bridgehead atoms. The minimum Gasteiger partial charge on any atom is -0.499 e. The summed E-state index contributed by atoms with van der Waals surface area (Å²) >= 11 is 0.445. The molecule has 3 rings (SSSR count). The zero-order valence-electron chi connectivity index (χ0n) is 16.1. The molecule has 0 fully saturated rings. The van der Waals surface area contributed by atoms with Crippen LogP contribution in [0.1, 0.15) is 25.0 Å². The molecule has 0 aliphatic rings. The number of amides is 2. The van der Waals surface area contributed by atoms with Gasteiger partial charge < -0.3 is 15.4 Å². The number of nitrogens with zero attached hydrogens (tertiary/aromatic N) is 1. The van der Waals surface area contributed by atoms with Crippen LogP contribution in [0.4, 0.5) is 0 Å². The van der Waals surface area contributed by atoms with Gasteiger partial charge in [0.25, 0.3) is 11.5 Å². The topological polar surface area (TPSA) is 157 Å². The van der Waals surface area contributed by atoms with E-state index in [1.54, 1.807) is 6.20 Å². The number of H-pyrrole nitrogens is 2. The van der Waals surface area contributed by atoms with Gasteiger partial charge in [0.1, 0.15) is 11.6 Å². The number of aromatic amines is 2. The molecule has 0 saturated heterocycles. The molecule has 1 unspecified atom stereocenters. The number of hydrazone groups is 1. The maximum Gasteiger partial charge on any atom is 0.310 e. The summed E-state index contributed by atoms with van der Waals surface area (Å²) in [7, 11) is 0. The maximum atomic E-state index is 12.7. The molecule has 0 aliphatic heterocycles. The third kappa shape index (κ3) is 4.63. The number of carbonyl (C=O) groups is 2. The predicted molar refractivity (Wildman–Crippen MR) is 113 cm³/mol. The number of hydrogen-bond acceptors (Lipinski definition) is 7. The summed E-state index contributed by atoms with van der Waals surface area (Å²) in [5.74, 6) is -0.993. The zero-order chi connectivity index (χ0) is 21.8. The van der Waals surface area contributed by atoms with Crippen LogP contribution in [-0.4, -0.2) is 38.6 Å². The van der Waals surface area contributed by atoms with Crippen molar-refractivity contribution in [3.8, 4) is 5.06 Å². The standard InChI is InChI=1S/C19H19N5O5S/c1-9(15-17(27)22-19(29)30-18(15)28)23-24-16(26)14(21-10(2)25)7-11-8-20-13-6-4-3-5-12(11)13/h3-6,8,14,20,28H,7H2,1-2H3,(H,21,25)(H,24,26)(H,22,27,29). The molecule has 0 saturated carbocycles. The number of rotatable bonds is 6. The van der Waals surface area contributed by atoms with Crippen molar-refractivity contribution >= 4 is 39.8 Å². The second-order valence-electron chi connectivity index (χ2n) is 6.51. The van der Waals surface area contributed by atoms with Gasteiger partial charge in [-0.25, -0.2) is 5.43 Å². The first-order valence-electron chi connectivity index (χ1n) is 8.89. The van der Waals surface area contributed by atoms with Crippen LogP contribution in [0, 0.1) is 0 Å². The molecule has 0 radical (unpaired) electrons. The minimum absolute atomic E-state index is 0.00650. The summed E-state index contributed by atoms with van der Waals surface area (Å²) in [6.45, 7) is 2.70. The van der Waals surface area contributed by atoms with Gasteiger partial charge in [-0.3, -0.25) is 24.2 Å². The van der Waals surface area contributed by atoms with Crippen molar-refractivity contribution in [1.82, 2.24) is 20.7 Å². The molecule has 11 heteroatoms. The molecule has 2 heterocycles. The van der Waals surface area contributed by atoms with Gasteiger partial charge in [0.2, 0.25) is 5.91 Å². The second kappa shape index (κ2) is 8.74. The van der Waals surface area contributed by atoms with Crippen LogP contribution in [0.5, 0.6) is 5.06 Å². The quantitative estimate of drug-likeness (QED) is 0.286. The van der Waals surface area contributed by atoms with Crippen molar-refractivity contribution in [2.45, 2.75) is 26.3 Å². The Kier molecular flexibility index (Phi) is 6.11. The van der Waals surface area contributed by atoms with E-state index in [1.807, 2.05) is 29.2 Å². The number of aromatic nitrogens is 2. The van der Waals surface area contributed by atoms with E-state index in [0.717, 1.165) is 16.5 Å². The lowest BCUT2D eigenvalue weighted by Crippen LogP contribution is -2.46. The van der Waals surface area contributed by atoms with E-state index >= 15 is 0 Å². The van der Waals surface area contributed by atoms with Crippen LogP contribution in [-0.2, 0) is 16.0 Å². The van der Waals surface area contributed by atoms with Crippen LogP contribution in [0.3, 0.4) is 0 Å². The molecular formula is C19H19N5O5S. The minimum atomic E-state index is -0.919. The molecule has 3 aromatic rings. The Morgan fingerprint density at radius 2 is 1.97 bits per heavy atom. The van der Waals surface area contributed by atoms with E-state index in [2.05, 4.69) is 20.8 Å². The van der Waals surface area contributed by atoms with E-state index in [9.17, 15) is 24.3 Å². The van der Waals surface area contributed by atoms with E-state index in [-0.39, 0.29) is 17.7 Å². The number of fused-ring (bicyclic) bond motifs is 1. The lowest BCUT2D eigenvalue weighted by molar-refractivity contribution is -0.128. The molecule has 1 atom stereocenters. The van der Waals surface area contributed by atoms with Gasteiger partial charge in [0.15, 0.2) is 5.06 Å². The van der Waals surface area contributed by atoms with Crippen molar-refractivity contribution in [3.63, 3.8) is 0 Å². The number of benzene rings is 1. The van der Waals surface area contributed by atoms with E-state index in [1.165, 1.54) is 13.8 Å². The summed E-state index contributed by atoms with van der Waals surface area (Å²) in [4.78, 5) is 51.8. The third-order valence-corrected chi connectivity index (χ3v) is 5.02. The van der Waals surface area contributed by atoms with Gasteiger partial charge in [-0.1, -0.05) is 18.2 Å². The van der Waals surface area contributed by atoms with Crippen molar-refractivity contribution in [1.29, 1.82) is 0 Å². The number of aromatic hydroxyl groups is 1. The number of carbonyl (C=O) groups excluding carboxylic acids is 2. The molecule has 1 aromatic carbocycles. The highest BCUT2D eigenvalue weighted by Crippen LogP contribution is 2.19. The SMILES string of the molecule is CC(=O)NC(Cc1c[nH]c2ccccc12)C(=O)NN=C(C)c1c(O)sc(=O)[nH]c1=O. The lowest BCUT2D eigenvalue weighted by Gasteiger charge is -2.16. The van der Waals surface area contributed by atoms with Crippen LogP contribution >= 0.6 is 11.3 Å². The Morgan fingerprint density at radius 1 is 1.23 bits per heavy atom. The first-order valence-corrected chi connectivity index (χ1v) is 9.71. The number of hydrogen-bond donors (Lipinski definition) is 5. The lowest BCUT2D eigenvalue weighted by atomic mass is 10.0. The average molecular weight is 429 g/mol. The van der Waals surface area contributed by atoms with Crippen LogP contribution < -0.4 is 21.2 Å². The summed E-state index contributed by atoms with van der Waals surface area (Å²) in [6, 6.07) is 6.64. The normalized spacial score (nSPS) is 12.5. The van der Waals surface area contributed by atoms with Gasteiger partial charge in [0.05, 0.1) is 5.71 Å². The molecular weight excluding hydrogens is 410 g/mol. The Labute approximate surface area is 173 Å². The Balaban J connectivity index is 1.82. The predicted octanol–water partition coefficient (Wildman–Crippen LogP) is 0.571. The summed E-state index contributed by atoms with van der Waals surface area (Å²) in [5.41, 5.74) is 3.02. The van der Waals surface area contributed by atoms with Crippen molar-refractivity contribution < 1.29 is 14.7 Å². The molecule has 2 amide bonds. The van der Waals surface area contributed by atoms with E-state index in [0.29, 0.717) is 11.3 Å². The smallest absolute Gasteiger partial charge is 0.310 e. The monoisotopic (exact) mass is 429 g/mol. The molecule has 2 aromatic heterocycles. The number of nitrogens with one attached hydrogen (secondary N) is 4. The second-order valence-corrected chi connectivity index (χ2v) is 7.48. The Hall–Kier alpha value is -3.73. The van der Waals surface area contributed by atoms with Crippen molar-refractivity contribution in [2.75, 3.05) is 0 Å². The first kappa shape index (κ1) is 21.0. The maximum absolute atomic E-state index is 12.7. The van der Waals surface area contributed by atoms with Gasteiger partial charge in [-0.15, -0.1) is 0 Å². The molecule has 30 heavy (non-hydrogen) atoms. The highest BCUT2D eigenvalue weighted by molar-refractivity contribution is 7.11. The molecule has 10 nitrogen and oxygen atoms in total. The Morgan fingerprint density at radius 3 is 2.67 bits per heavy atom. The highest BCUT2D eigenvalue weighted by Gasteiger charge is 2.22. The molecule has 0 aliphatic carbocycles. The molecule has 156 valence electrons. The number of para-hydroxylation sites is 1. The van der Waals surface area contributed by atoms with E-state index < -0.39 is 33.4 Å². The van der Waals surface area contributed by atoms with Crippen molar-refractivity contribution in [2.24, 2.45) is 5.10 Å². The van der Waals surface area contributed by atoms with Crippen LogP contribution in [0.2, 0.25) is 0 Å². The fourth-order valence-corrected chi connectivity index (χ4v) is 3.65. The highest BCUT2D eigenvalue weighted by atomic mass is 32.1. The summed E-state index contributed by atoms with van der Waals surface area (Å²) in [6.07, 6.45) is 1.98. The molecule has 5 N–H and O–H groups in total. The fourth-order valence-electron chi connectivity index (χ4n) is 2.98. The van der Waals surface area contributed by atoms with Gasteiger partial charge in [0, 0.05) is 30.4 Å². The summed E-state index contributed by atoms with van der Waals surface area (Å²) in [5, 5.41) is 16.7. The average Bonchev–Trinajstić information content (AvgIpc) is 3.07. The zero-order valence-corrected chi connectivity index (χ0v) is 16.9. The Bertz CT molecular complexity index is 1260. The molecule has 0 spiro atoms. The third-order valence-electron chi connectivity index (χ3n) is 4.33. The van der Waals surface area contributed by atoms with Crippen LogP contribution in [0.15, 0.2) is 45.2 Å².